The van der Waals surface area contributed by atoms with Crippen molar-refractivity contribution in [3.05, 3.63) is 102 Å². The van der Waals surface area contributed by atoms with Crippen molar-refractivity contribution in [2.75, 3.05) is 4.90 Å². The molecule has 188 valence electrons. The second kappa shape index (κ2) is 11.0. The lowest BCUT2D eigenvalue weighted by Gasteiger charge is -2.25. The Bertz CT molecular complexity index is 1460. The van der Waals surface area contributed by atoms with Gasteiger partial charge in [0.1, 0.15) is 5.52 Å². The molecule has 0 bridgehead atoms. The number of fused-ring (bicyclic) bond motifs is 3. The highest BCUT2D eigenvalue weighted by Crippen LogP contribution is 2.34. The zero-order chi connectivity index (χ0) is 25.8. The van der Waals surface area contributed by atoms with Gasteiger partial charge in [-0.2, -0.15) is 0 Å². The first kappa shape index (κ1) is 24.7. The third-order valence-corrected chi connectivity index (χ3v) is 6.57. The fourth-order valence-electron chi connectivity index (χ4n) is 4.95. The zero-order valence-electron chi connectivity index (χ0n) is 21.9. The number of ketones is 1. The van der Waals surface area contributed by atoms with Gasteiger partial charge in [0.05, 0.1) is 11.0 Å². The number of imidazole rings is 1. The summed E-state index contributed by atoms with van der Waals surface area (Å²) >= 11 is 0. The SMILES string of the molecule is CCCC(=O)c1nc2c(N(Cc3ccccc3)Cc3ccccc3)nc3ccccc3c2n1CC(C)C. The minimum atomic E-state index is 0.0899. The first-order valence-corrected chi connectivity index (χ1v) is 13.2. The van der Waals surface area contributed by atoms with E-state index in [1.807, 2.05) is 31.2 Å². The Hall–Kier alpha value is -3.99. The summed E-state index contributed by atoms with van der Waals surface area (Å²) in [6, 6.07) is 29.1. The summed E-state index contributed by atoms with van der Waals surface area (Å²) in [6.07, 6.45) is 1.28. The van der Waals surface area contributed by atoms with Gasteiger partial charge in [-0.05, 0) is 29.5 Å². The Kier molecular flexibility index (Phi) is 7.31. The molecule has 0 aliphatic carbocycles. The predicted molar refractivity (Wildman–Crippen MR) is 152 cm³/mol. The molecular formula is C32H34N4O. The van der Waals surface area contributed by atoms with Crippen molar-refractivity contribution in [1.82, 2.24) is 14.5 Å². The van der Waals surface area contributed by atoms with E-state index in [1.165, 1.54) is 11.1 Å². The maximum absolute atomic E-state index is 13.3. The highest BCUT2D eigenvalue weighted by atomic mass is 16.1. The summed E-state index contributed by atoms with van der Waals surface area (Å²) in [4.78, 5) is 25.8. The molecule has 0 saturated carbocycles. The van der Waals surface area contributed by atoms with E-state index in [0.717, 1.165) is 40.7 Å². The number of nitrogens with zero attached hydrogens (tertiary/aromatic N) is 4. The molecule has 0 unspecified atom stereocenters. The molecular weight excluding hydrogens is 456 g/mol. The van der Waals surface area contributed by atoms with Gasteiger partial charge in [-0.3, -0.25) is 4.79 Å². The maximum Gasteiger partial charge on any atom is 0.198 e. The van der Waals surface area contributed by atoms with Crippen molar-refractivity contribution in [2.45, 2.75) is 53.2 Å². The van der Waals surface area contributed by atoms with Gasteiger partial charge < -0.3 is 9.47 Å². The average Bonchev–Trinajstić information content (AvgIpc) is 3.28. The number of Topliss-reactive ketones (excluding diaryl/α,β-unsaturated/α-hetero) is 1. The van der Waals surface area contributed by atoms with Gasteiger partial charge in [0.25, 0.3) is 0 Å². The lowest BCUT2D eigenvalue weighted by atomic mass is 10.1. The Labute approximate surface area is 218 Å². The van der Waals surface area contributed by atoms with Crippen LogP contribution in [0.2, 0.25) is 0 Å². The van der Waals surface area contributed by atoms with E-state index in [-0.39, 0.29) is 5.78 Å². The Morgan fingerprint density at radius 1 is 0.838 bits per heavy atom. The molecule has 2 heterocycles. The topological polar surface area (TPSA) is 51.0 Å². The molecule has 0 aliphatic rings. The smallest absolute Gasteiger partial charge is 0.198 e. The molecule has 0 aliphatic heterocycles. The van der Waals surface area contributed by atoms with Gasteiger partial charge in [0.15, 0.2) is 17.4 Å². The summed E-state index contributed by atoms with van der Waals surface area (Å²) in [7, 11) is 0. The number of pyridine rings is 1. The molecule has 37 heavy (non-hydrogen) atoms. The largest absolute Gasteiger partial charge is 0.346 e. The fraction of sp³-hybridized carbons (Fsp3) is 0.281. The van der Waals surface area contributed by atoms with Crippen LogP contribution in [0.1, 0.15) is 55.4 Å². The van der Waals surface area contributed by atoms with Crippen molar-refractivity contribution in [2.24, 2.45) is 5.92 Å². The van der Waals surface area contributed by atoms with Crippen LogP contribution in [-0.2, 0) is 19.6 Å². The lowest BCUT2D eigenvalue weighted by Crippen LogP contribution is -2.23. The van der Waals surface area contributed by atoms with Gasteiger partial charge in [0, 0.05) is 31.4 Å². The molecule has 3 aromatic carbocycles. The first-order valence-electron chi connectivity index (χ1n) is 13.2. The molecule has 0 spiro atoms. The van der Waals surface area contributed by atoms with Crippen molar-refractivity contribution in [1.29, 1.82) is 0 Å². The van der Waals surface area contributed by atoms with E-state index in [2.05, 4.69) is 84.0 Å². The molecule has 0 saturated heterocycles. The number of hydrogen-bond acceptors (Lipinski definition) is 4. The standard InChI is InChI=1S/C32H34N4O/c1-4-13-28(37)31-34-29-30(36(31)20-23(2)3)26-18-11-12-19-27(26)33-32(29)35(21-24-14-7-5-8-15-24)22-25-16-9-6-10-17-25/h5-12,14-19,23H,4,13,20-22H2,1-3H3. The molecule has 5 heteroatoms. The molecule has 0 N–H and O–H groups in total. The summed E-state index contributed by atoms with van der Waals surface area (Å²) in [5, 5.41) is 1.03. The molecule has 0 fully saturated rings. The van der Waals surface area contributed by atoms with Gasteiger partial charge >= 0.3 is 0 Å². The lowest BCUT2D eigenvalue weighted by molar-refractivity contribution is 0.0967. The van der Waals surface area contributed by atoms with Crippen LogP contribution >= 0.6 is 0 Å². The van der Waals surface area contributed by atoms with Crippen LogP contribution in [0.15, 0.2) is 84.9 Å². The second-order valence-electron chi connectivity index (χ2n) is 10.1. The third-order valence-electron chi connectivity index (χ3n) is 6.57. The minimum absolute atomic E-state index is 0.0899. The first-order chi connectivity index (χ1) is 18.0. The number of hydrogen-bond donors (Lipinski definition) is 0. The summed E-state index contributed by atoms with van der Waals surface area (Å²) < 4.78 is 2.15. The number of rotatable bonds is 10. The average molecular weight is 491 g/mol. The highest BCUT2D eigenvalue weighted by molar-refractivity contribution is 6.09. The van der Waals surface area contributed by atoms with E-state index in [0.29, 0.717) is 31.3 Å². The molecule has 0 amide bonds. The van der Waals surface area contributed by atoms with Crippen LogP contribution in [0.25, 0.3) is 21.9 Å². The van der Waals surface area contributed by atoms with Crippen molar-refractivity contribution in [3.63, 3.8) is 0 Å². The number of carbonyl (C=O) groups is 1. The second-order valence-corrected chi connectivity index (χ2v) is 10.1. The third kappa shape index (κ3) is 5.26. The van der Waals surface area contributed by atoms with E-state index in [4.69, 9.17) is 9.97 Å². The predicted octanol–water partition coefficient (Wildman–Crippen LogP) is 7.43. The van der Waals surface area contributed by atoms with Gasteiger partial charge in [-0.25, -0.2) is 9.97 Å². The summed E-state index contributed by atoms with van der Waals surface area (Å²) in [6.45, 7) is 8.50. The monoisotopic (exact) mass is 490 g/mol. The van der Waals surface area contributed by atoms with E-state index >= 15 is 0 Å². The Morgan fingerprint density at radius 3 is 2.03 bits per heavy atom. The van der Waals surface area contributed by atoms with Crippen molar-refractivity contribution >= 4 is 33.5 Å². The normalized spacial score (nSPS) is 11.5. The number of para-hydroxylation sites is 1. The Balaban J connectivity index is 1.77. The van der Waals surface area contributed by atoms with Crippen LogP contribution in [0, 0.1) is 5.92 Å². The number of carbonyl (C=O) groups excluding carboxylic acids is 1. The summed E-state index contributed by atoms with van der Waals surface area (Å²) in [5.41, 5.74) is 5.11. The maximum atomic E-state index is 13.3. The van der Waals surface area contributed by atoms with Gasteiger partial charge in [0.2, 0.25) is 0 Å². The molecule has 5 nitrogen and oxygen atoms in total. The minimum Gasteiger partial charge on any atom is -0.346 e. The highest BCUT2D eigenvalue weighted by Gasteiger charge is 2.25. The number of anilines is 1. The molecule has 0 atom stereocenters. The quantitative estimate of drug-likeness (QED) is 0.191. The Morgan fingerprint density at radius 2 is 1.43 bits per heavy atom. The van der Waals surface area contributed by atoms with Crippen LogP contribution in [-0.4, -0.2) is 20.3 Å². The molecule has 0 radical (unpaired) electrons. The van der Waals surface area contributed by atoms with Crippen LogP contribution < -0.4 is 4.90 Å². The van der Waals surface area contributed by atoms with E-state index in [1.54, 1.807) is 0 Å². The van der Waals surface area contributed by atoms with Gasteiger partial charge in [-0.15, -0.1) is 0 Å². The van der Waals surface area contributed by atoms with Crippen molar-refractivity contribution < 1.29 is 4.79 Å². The van der Waals surface area contributed by atoms with Gasteiger partial charge in [-0.1, -0.05) is 99.6 Å². The summed E-state index contributed by atoms with van der Waals surface area (Å²) in [5.74, 6) is 1.82. The van der Waals surface area contributed by atoms with E-state index < -0.39 is 0 Å². The molecule has 2 aromatic heterocycles. The van der Waals surface area contributed by atoms with E-state index in [9.17, 15) is 4.79 Å². The molecule has 5 aromatic rings. The number of aromatic nitrogens is 3. The van der Waals surface area contributed by atoms with Crippen molar-refractivity contribution in [3.8, 4) is 0 Å². The number of benzene rings is 3. The van der Waals surface area contributed by atoms with Crippen LogP contribution in [0.3, 0.4) is 0 Å². The zero-order valence-corrected chi connectivity index (χ0v) is 21.9. The van der Waals surface area contributed by atoms with Crippen LogP contribution in [0.5, 0.6) is 0 Å². The molecule has 5 rings (SSSR count). The fourth-order valence-corrected chi connectivity index (χ4v) is 4.95. The van der Waals surface area contributed by atoms with Crippen LogP contribution in [0.4, 0.5) is 5.82 Å².